The maximum absolute atomic E-state index is 13.3. The minimum atomic E-state index is -0.455. The summed E-state index contributed by atoms with van der Waals surface area (Å²) >= 11 is 1.70. The molecule has 0 aliphatic heterocycles. The van der Waals surface area contributed by atoms with Crippen LogP contribution in [0.1, 0.15) is 17.2 Å². The van der Waals surface area contributed by atoms with Crippen LogP contribution in [0.5, 0.6) is 5.75 Å². The van der Waals surface area contributed by atoms with Crippen molar-refractivity contribution in [1.29, 1.82) is 0 Å². The number of thiophene rings is 1. The lowest BCUT2D eigenvalue weighted by atomic mass is 10.3. The van der Waals surface area contributed by atoms with E-state index < -0.39 is 5.82 Å². The van der Waals surface area contributed by atoms with Crippen molar-refractivity contribution in [2.45, 2.75) is 18.4 Å². The molecular weight excluding hydrogens is 277 g/mol. The quantitative estimate of drug-likeness (QED) is 0.920. The summed E-state index contributed by atoms with van der Waals surface area (Å²) in [6.07, 6.45) is 0.964. The number of ether oxygens (including phenoxy) is 1. The predicted molar refractivity (Wildman–Crippen MR) is 75.5 cm³/mol. The second-order valence-corrected chi connectivity index (χ2v) is 5.73. The molecule has 0 radical (unpaired) electrons. The van der Waals surface area contributed by atoms with Gasteiger partial charge in [-0.1, -0.05) is 18.2 Å². The van der Waals surface area contributed by atoms with Crippen LogP contribution in [-0.4, -0.2) is 18.6 Å². The molecule has 20 heavy (non-hydrogen) atoms. The molecule has 0 bridgehead atoms. The van der Waals surface area contributed by atoms with E-state index in [-0.39, 0.29) is 24.3 Å². The van der Waals surface area contributed by atoms with Crippen molar-refractivity contribution in [1.82, 2.24) is 5.32 Å². The second-order valence-electron chi connectivity index (χ2n) is 4.75. The molecule has 1 amide bonds. The van der Waals surface area contributed by atoms with Crippen molar-refractivity contribution in [3.05, 3.63) is 52.5 Å². The van der Waals surface area contributed by atoms with E-state index in [4.69, 9.17) is 4.74 Å². The van der Waals surface area contributed by atoms with Gasteiger partial charge in [0.2, 0.25) is 0 Å². The lowest BCUT2D eigenvalue weighted by Crippen LogP contribution is -2.31. The van der Waals surface area contributed by atoms with Crippen LogP contribution >= 0.6 is 11.3 Å². The Morgan fingerprint density at radius 1 is 1.35 bits per heavy atom. The maximum atomic E-state index is 13.3. The van der Waals surface area contributed by atoms with Gasteiger partial charge in [0.05, 0.1) is 0 Å². The molecule has 2 aromatic rings. The van der Waals surface area contributed by atoms with Gasteiger partial charge in [-0.25, -0.2) is 4.39 Å². The summed E-state index contributed by atoms with van der Waals surface area (Å²) in [4.78, 5) is 13.0. The molecule has 1 heterocycles. The summed E-state index contributed by atoms with van der Waals surface area (Å²) in [6.45, 7) is -0.158. The van der Waals surface area contributed by atoms with Crippen LogP contribution in [0.25, 0.3) is 0 Å². The molecule has 1 fully saturated rings. The van der Waals surface area contributed by atoms with Gasteiger partial charge in [-0.2, -0.15) is 0 Å². The number of amides is 1. The highest BCUT2D eigenvalue weighted by atomic mass is 32.1. The maximum Gasteiger partial charge on any atom is 0.258 e. The Morgan fingerprint density at radius 2 is 2.20 bits per heavy atom. The van der Waals surface area contributed by atoms with E-state index in [1.165, 1.54) is 17.0 Å². The Hall–Kier alpha value is -1.88. The fourth-order valence-corrected chi connectivity index (χ4v) is 3.03. The third-order valence-electron chi connectivity index (χ3n) is 3.24. The Morgan fingerprint density at radius 3 is 2.95 bits per heavy atom. The number of nitrogens with one attached hydrogen (secondary N) is 1. The minimum absolute atomic E-state index is 0.105. The largest absolute Gasteiger partial charge is 0.481 e. The number of rotatable bonds is 5. The van der Waals surface area contributed by atoms with E-state index >= 15 is 0 Å². The fourth-order valence-electron chi connectivity index (χ4n) is 2.12. The SMILES string of the molecule is O=C(COc1ccccc1F)NC1CC1c1cccs1. The van der Waals surface area contributed by atoms with Gasteiger partial charge in [0.1, 0.15) is 0 Å². The predicted octanol–water partition coefficient (Wildman–Crippen LogP) is 2.94. The van der Waals surface area contributed by atoms with Crippen LogP contribution in [0.15, 0.2) is 41.8 Å². The molecule has 3 rings (SSSR count). The molecule has 1 saturated carbocycles. The number of halogens is 1. The van der Waals surface area contributed by atoms with Crippen LogP contribution in [0.2, 0.25) is 0 Å². The van der Waals surface area contributed by atoms with Crippen LogP contribution in [0, 0.1) is 5.82 Å². The first-order valence-electron chi connectivity index (χ1n) is 6.44. The third-order valence-corrected chi connectivity index (χ3v) is 4.25. The van der Waals surface area contributed by atoms with E-state index in [1.807, 2.05) is 11.4 Å². The number of carbonyl (C=O) groups excluding carboxylic acids is 1. The first-order chi connectivity index (χ1) is 9.74. The van der Waals surface area contributed by atoms with Crippen LogP contribution in [0.3, 0.4) is 0 Å². The summed E-state index contributed by atoms with van der Waals surface area (Å²) < 4.78 is 18.5. The number of benzene rings is 1. The average Bonchev–Trinajstić information content (AvgIpc) is 2.99. The molecule has 1 aromatic carbocycles. The number of carbonyl (C=O) groups is 1. The van der Waals surface area contributed by atoms with Gasteiger partial charge in [0, 0.05) is 16.8 Å². The zero-order chi connectivity index (χ0) is 13.9. The molecule has 1 aliphatic rings. The average molecular weight is 291 g/mol. The van der Waals surface area contributed by atoms with Crippen molar-refractivity contribution < 1.29 is 13.9 Å². The Balaban J connectivity index is 1.46. The van der Waals surface area contributed by atoms with Gasteiger partial charge >= 0.3 is 0 Å². The highest BCUT2D eigenvalue weighted by Gasteiger charge is 2.40. The van der Waals surface area contributed by atoms with Crippen LogP contribution in [0.4, 0.5) is 4.39 Å². The van der Waals surface area contributed by atoms with Gasteiger partial charge in [0.25, 0.3) is 5.91 Å². The highest BCUT2D eigenvalue weighted by Crippen LogP contribution is 2.42. The van der Waals surface area contributed by atoms with Crippen LogP contribution < -0.4 is 10.1 Å². The Labute approximate surface area is 120 Å². The summed E-state index contributed by atoms with van der Waals surface area (Å²) in [6, 6.07) is 10.3. The lowest BCUT2D eigenvalue weighted by Gasteiger charge is -2.07. The first-order valence-corrected chi connectivity index (χ1v) is 7.32. The van der Waals surface area contributed by atoms with Gasteiger partial charge in [-0.15, -0.1) is 11.3 Å². The van der Waals surface area contributed by atoms with Gasteiger partial charge in [-0.3, -0.25) is 4.79 Å². The zero-order valence-corrected chi connectivity index (χ0v) is 11.5. The molecular formula is C15H14FNO2S. The van der Waals surface area contributed by atoms with Gasteiger partial charge in [-0.05, 0) is 30.0 Å². The molecule has 1 aliphatic carbocycles. The van der Waals surface area contributed by atoms with Crippen LogP contribution in [-0.2, 0) is 4.79 Å². The first kappa shape index (κ1) is 13.1. The fraction of sp³-hybridized carbons (Fsp3) is 0.267. The van der Waals surface area contributed by atoms with E-state index in [1.54, 1.807) is 23.5 Å². The highest BCUT2D eigenvalue weighted by molar-refractivity contribution is 7.10. The topological polar surface area (TPSA) is 38.3 Å². The molecule has 0 spiro atoms. The van der Waals surface area contributed by atoms with Gasteiger partial charge in [0.15, 0.2) is 18.2 Å². The van der Waals surface area contributed by atoms with Crippen molar-refractivity contribution in [2.24, 2.45) is 0 Å². The molecule has 3 nitrogen and oxygen atoms in total. The van der Waals surface area contributed by atoms with E-state index in [0.717, 1.165) is 6.42 Å². The van der Waals surface area contributed by atoms with E-state index in [2.05, 4.69) is 11.4 Å². The molecule has 2 unspecified atom stereocenters. The molecule has 1 aromatic heterocycles. The lowest BCUT2D eigenvalue weighted by molar-refractivity contribution is -0.123. The standard InChI is InChI=1S/C15H14FNO2S/c16-11-4-1-2-5-13(11)19-9-15(18)17-12-8-10(12)14-6-3-7-20-14/h1-7,10,12H,8-9H2,(H,17,18). The van der Waals surface area contributed by atoms with Crippen molar-refractivity contribution in [2.75, 3.05) is 6.61 Å². The molecule has 2 atom stereocenters. The summed E-state index contributed by atoms with van der Waals surface area (Å²) in [5.41, 5.74) is 0. The number of hydrogen-bond acceptors (Lipinski definition) is 3. The zero-order valence-electron chi connectivity index (χ0n) is 10.7. The molecule has 1 N–H and O–H groups in total. The van der Waals surface area contributed by atoms with E-state index in [0.29, 0.717) is 5.92 Å². The minimum Gasteiger partial charge on any atom is -0.481 e. The van der Waals surface area contributed by atoms with Crippen molar-refractivity contribution >= 4 is 17.2 Å². The van der Waals surface area contributed by atoms with Crippen molar-refractivity contribution in [3.63, 3.8) is 0 Å². The molecule has 104 valence electrons. The Kier molecular flexibility index (Phi) is 3.69. The molecule has 5 heteroatoms. The summed E-state index contributed by atoms with van der Waals surface area (Å²) in [5.74, 6) is -0.138. The smallest absolute Gasteiger partial charge is 0.258 e. The number of para-hydroxylation sites is 1. The normalized spacial score (nSPS) is 20.4. The van der Waals surface area contributed by atoms with Gasteiger partial charge < -0.3 is 10.1 Å². The second kappa shape index (κ2) is 5.63. The monoisotopic (exact) mass is 291 g/mol. The van der Waals surface area contributed by atoms with E-state index in [9.17, 15) is 9.18 Å². The van der Waals surface area contributed by atoms with Crippen molar-refractivity contribution in [3.8, 4) is 5.75 Å². The molecule has 0 saturated heterocycles. The third kappa shape index (κ3) is 2.99. The summed E-state index contributed by atoms with van der Waals surface area (Å²) in [7, 11) is 0. The Bertz CT molecular complexity index is 600. The summed E-state index contributed by atoms with van der Waals surface area (Å²) in [5, 5.41) is 4.94. The number of hydrogen-bond donors (Lipinski definition) is 1.